The fraction of sp³-hybridized carbons (Fsp3) is 0.400. The molecular weight excluding hydrogens is 148 g/mol. The van der Waals surface area contributed by atoms with Crippen molar-refractivity contribution in [2.24, 2.45) is 0 Å². The number of fused-ring (bicyclic) bond motifs is 1. The van der Waals surface area contributed by atoms with Crippen LogP contribution >= 0.6 is 0 Å². The average Bonchev–Trinajstić information content (AvgIpc) is 2.50. The third kappa shape index (κ3) is 1.18. The molecular formula is C10H14N2. The summed E-state index contributed by atoms with van der Waals surface area (Å²) in [6, 6.07) is 8.98. The van der Waals surface area contributed by atoms with Gasteiger partial charge in [0, 0.05) is 12.2 Å². The Morgan fingerprint density at radius 3 is 3.17 bits per heavy atom. The molecule has 2 nitrogen and oxygen atoms in total. The zero-order chi connectivity index (χ0) is 8.39. The number of benzene rings is 1. The summed E-state index contributed by atoms with van der Waals surface area (Å²) >= 11 is 0. The minimum Gasteiger partial charge on any atom is -0.383 e. The molecule has 12 heavy (non-hydrogen) atoms. The van der Waals surface area contributed by atoms with Crippen molar-refractivity contribution in [1.82, 2.24) is 5.32 Å². The molecule has 2 rings (SSSR count). The van der Waals surface area contributed by atoms with E-state index in [1.54, 1.807) is 0 Å². The van der Waals surface area contributed by atoms with E-state index in [-0.39, 0.29) is 0 Å². The lowest BCUT2D eigenvalue weighted by Gasteiger charge is -2.09. The van der Waals surface area contributed by atoms with Crippen molar-refractivity contribution in [2.75, 3.05) is 18.4 Å². The molecule has 1 aromatic carbocycles. The molecule has 1 aliphatic heterocycles. The van der Waals surface area contributed by atoms with Crippen LogP contribution in [-0.4, -0.2) is 13.1 Å². The van der Waals surface area contributed by atoms with E-state index in [2.05, 4.69) is 41.8 Å². The Kier molecular flexibility index (Phi) is 2.00. The Labute approximate surface area is 73.0 Å². The monoisotopic (exact) mass is 162 g/mol. The van der Waals surface area contributed by atoms with Crippen molar-refractivity contribution in [3.63, 3.8) is 0 Å². The molecule has 1 aromatic rings. The first-order valence-electron chi connectivity index (χ1n) is 4.48. The van der Waals surface area contributed by atoms with Gasteiger partial charge in [-0.25, -0.2) is 0 Å². The lowest BCUT2D eigenvalue weighted by atomic mass is 10.1. The maximum Gasteiger partial charge on any atom is 0.0516 e. The Morgan fingerprint density at radius 1 is 1.50 bits per heavy atom. The molecule has 2 N–H and O–H groups in total. The van der Waals surface area contributed by atoms with E-state index in [9.17, 15) is 0 Å². The Balaban J connectivity index is 2.24. The van der Waals surface area contributed by atoms with Crippen LogP contribution in [0.15, 0.2) is 24.3 Å². The third-order valence-corrected chi connectivity index (χ3v) is 2.28. The van der Waals surface area contributed by atoms with E-state index in [1.807, 2.05) is 0 Å². The third-order valence-electron chi connectivity index (χ3n) is 2.28. The van der Waals surface area contributed by atoms with Crippen LogP contribution in [0, 0.1) is 0 Å². The van der Waals surface area contributed by atoms with Gasteiger partial charge in [0.05, 0.1) is 6.04 Å². The van der Waals surface area contributed by atoms with Gasteiger partial charge >= 0.3 is 0 Å². The van der Waals surface area contributed by atoms with Gasteiger partial charge in [-0.2, -0.15) is 0 Å². The van der Waals surface area contributed by atoms with Gasteiger partial charge in [0.1, 0.15) is 0 Å². The van der Waals surface area contributed by atoms with Crippen molar-refractivity contribution < 1.29 is 0 Å². The first kappa shape index (κ1) is 7.62. The van der Waals surface area contributed by atoms with Crippen molar-refractivity contribution in [2.45, 2.75) is 13.0 Å². The van der Waals surface area contributed by atoms with Crippen LogP contribution in [0.25, 0.3) is 0 Å². The highest BCUT2D eigenvalue weighted by molar-refractivity contribution is 5.57. The standard InChI is InChI=1S/C10H14N2/c1-2-11-10-7-12-9-6-4-3-5-8(9)10/h3-6,10-12H,2,7H2,1H3. The van der Waals surface area contributed by atoms with Crippen molar-refractivity contribution in [1.29, 1.82) is 0 Å². The van der Waals surface area contributed by atoms with E-state index < -0.39 is 0 Å². The summed E-state index contributed by atoms with van der Waals surface area (Å²) in [6.45, 7) is 4.19. The van der Waals surface area contributed by atoms with Gasteiger partial charge in [-0.15, -0.1) is 0 Å². The number of hydrogen-bond acceptors (Lipinski definition) is 2. The Hall–Kier alpha value is -1.02. The molecule has 2 heteroatoms. The summed E-state index contributed by atoms with van der Waals surface area (Å²) in [7, 11) is 0. The zero-order valence-corrected chi connectivity index (χ0v) is 7.30. The predicted octanol–water partition coefficient (Wildman–Crippen LogP) is 1.76. The first-order chi connectivity index (χ1) is 5.92. The quantitative estimate of drug-likeness (QED) is 0.692. The molecule has 1 atom stereocenters. The second-order valence-electron chi connectivity index (χ2n) is 3.08. The highest BCUT2D eigenvalue weighted by atomic mass is 15.0. The Morgan fingerprint density at radius 2 is 2.33 bits per heavy atom. The normalized spacial score (nSPS) is 20.2. The lowest BCUT2D eigenvalue weighted by molar-refractivity contribution is 0.595. The number of anilines is 1. The smallest absolute Gasteiger partial charge is 0.0516 e. The number of nitrogens with one attached hydrogen (secondary N) is 2. The molecule has 0 amide bonds. The Bertz CT molecular complexity index is 268. The minimum atomic E-state index is 0.506. The maximum atomic E-state index is 3.44. The number of para-hydroxylation sites is 1. The molecule has 0 fully saturated rings. The van der Waals surface area contributed by atoms with E-state index in [0.717, 1.165) is 13.1 Å². The number of rotatable bonds is 2. The zero-order valence-electron chi connectivity index (χ0n) is 7.30. The van der Waals surface area contributed by atoms with Crippen LogP contribution in [-0.2, 0) is 0 Å². The highest BCUT2D eigenvalue weighted by Crippen LogP contribution is 2.28. The number of likely N-dealkylation sites (N-methyl/N-ethyl adjacent to an activating group) is 1. The van der Waals surface area contributed by atoms with Crippen LogP contribution in [0.1, 0.15) is 18.5 Å². The molecule has 1 unspecified atom stereocenters. The van der Waals surface area contributed by atoms with Gasteiger partial charge in [0.15, 0.2) is 0 Å². The summed E-state index contributed by atoms with van der Waals surface area (Å²) in [6.07, 6.45) is 0. The molecule has 0 saturated heterocycles. The summed E-state index contributed by atoms with van der Waals surface area (Å²) in [4.78, 5) is 0. The molecule has 64 valence electrons. The van der Waals surface area contributed by atoms with Gasteiger partial charge in [-0.05, 0) is 18.2 Å². The predicted molar refractivity (Wildman–Crippen MR) is 51.3 cm³/mol. The van der Waals surface area contributed by atoms with Gasteiger partial charge in [-0.3, -0.25) is 0 Å². The van der Waals surface area contributed by atoms with Gasteiger partial charge in [0.25, 0.3) is 0 Å². The first-order valence-corrected chi connectivity index (χ1v) is 4.48. The van der Waals surface area contributed by atoms with E-state index in [1.165, 1.54) is 11.3 Å². The van der Waals surface area contributed by atoms with Crippen molar-refractivity contribution in [3.05, 3.63) is 29.8 Å². The fourth-order valence-electron chi connectivity index (χ4n) is 1.71. The van der Waals surface area contributed by atoms with Crippen LogP contribution in [0.2, 0.25) is 0 Å². The summed E-state index contributed by atoms with van der Waals surface area (Å²) in [5.74, 6) is 0. The van der Waals surface area contributed by atoms with Crippen molar-refractivity contribution in [3.8, 4) is 0 Å². The van der Waals surface area contributed by atoms with E-state index in [4.69, 9.17) is 0 Å². The number of hydrogen-bond donors (Lipinski definition) is 2. The van der Waals surface area contributed by atoms with E-state index >= 15 is 0 Å². The SMILES string of the molecule is CCNC1CNc2ccccc21. The molecule has 1 heterocycles. The molecule has 0 saturated carbocycles. The van der Waals surface area contributed by atoms with Crippen LogP contribution in [0.3, 0.4) is 0 Å². The van der Waals surface area contributed by atoms with Gasteiger partial charge in [-0.1, -0.05) is 25.1 Å². The van der Waals surface area contributed by atoms with Crippen molar-refractivity contribution >= 4 is 5.69 Å². The molecule has 0 aromatic heterocycles. The van der Waals surface area contributed by atoms with Crippen LogP contribution in [0.4, 0.5) is 5.69 Å². The largest absolute Gasteiger partial charge is 0.383 e. The van der Waals surface area contributed by atoms with Crippen LogP contribution < -0.4 is 10.6 Å². The molecule has 0 spiro atoms. The molecule has 1 aliphatic rings. The lowest BCUT2D eigenvalue weighted by Crippen LogP contribution is -2.22. The average molecular weight is 162 g/mol. The van der Waals surface area contributed by atoms with E-state index in [0.29, 0.717) is 6.04 Å². The summed E-state index contributed by atoms with van der Waals surface area (Å²) in [5.41, 5.74) is 2.68. The van der Waals surface area contributed by atoms with Gasteiger partial charge < -0.3 is 10.6 Å². The molecule has 0 bridgehead atoms. The highest BCUT2D eigenvalue weighted by Gasteiger charge is 2.19. The minimum absolute atomic E-state index is 0.506. The molecule has 0 aliphatic carbocycles. The topological polar surface area (TPSA) is 24.1 Å². The second kappa shape index (κ2) is 3.15. The maximum absolute atomic E-state index is 3.44. The fourth-order valence-corrected chi connectivity index (χ4v) is 1.71. The second-order valence-corrected chi connectivity index (χ2v) is 3.08. The van der Waals surface area contributed by atoms with Gasteiger partial charge in [0.2, 0.25) is 0 Å². The van der Waals surface area contributed by atoms with Crippen LogP contribution in [0.5, 0.6) is 0 Å². The summed E-state index contributed by atoms with van der Waals surface area (Å²) in [5, 5.41) is 6.81. The summed E-state index contributed by atoms with van der Waals surface area (Å²) < 4.78 is 0. The molecule has 0 radical (unpaired) electrons.